The third-order valence-electron chi connectivity index (χ3n) is 3.25. The molecule has 21 heavy (non-hydrogen) atoms. The van der Waals surface area contributed by atoms with E-state index in [-0.39, 0.29) is 12.5 Å². The van der Waals surface area contributed by atoms with Crippen molar-refractivity contribution in [2.75, 3.05) is 23.9 Å². The number of aromatic nitrogens is 1. The van der Waals surface area contributed by atoms with Gasteiger partial charge in [-0.15, -0.1) is 0 Å². The van der Waals surface area contributed by atoms with Crippen molar-refractivity contribution >= 4 is 29.0 Å². The Hall–Kier alpha value is -2.27. The van der Waals surface area contributed by atoms with Gasteiger partial charge in [0.25, 0.3) is 5.91 Å². The largest absolute Gasteiger partial charge is 0.482 e. The first-order valence-electron chi connectivity index (χ1n) is 6.54. The van der Waals surface area contributed by atoms with Crippen molar-refractivity contribution in [1.82, 2.24) is 4.98 Å². The minimum atomic E-state index is -0.110. The average molecular weight is 304 g/mol. The van der Waals surface area contributed by atoms with Crippen LogP contribution in [-0.2, 0) is 11.3 Å². The summed E-state index contributed by atoms with van der Waals surface area (Å²) in [6.07, 6.45) is 0. The van der Waals surface area contributed by atoms with E-state index in [2.05, 4.69) is 10.3 Å². The number of benzene rings is 1. The lowest BCUT2D eigenvalue weighted by atomic mass is 10.2. The van der Waals surface area contributed by atoms with E-state index in [4.69, 9.17) is 16.3 Å². The average Bonchev–Trinajstić information content (AvgIpc) is 2.50. The van der Waals surface area contributed by atoms with Crippen LogP contribution in [0.25, 0.3) is 0 Å². The van der Waals surface area contributed by atoms with E-state index >= 15 is 0 Å². The lowest BCUT2D eigenvalue weighted by Gasteiger charge is -2.29. The van der Waals surface area contributed by atoms with Gasteiger partial charge in [-0.1, -0.05) is 17.7 Å². The van der Waals surface area contributed by atoms with Gasteiger partial charge < -0.3 is 10.1 Å². The molecule has 1 aliphatic rings. The van der Waals surface area contributed by atoms with Crippen molar-refractivity contribution in [3.63, 3.8) is 0 Å². The molecular weight excluding hydrogens is 290 g/mol. The van der Waals surface area contributed by atoms with Gasteiger partial charge >= 0.3 is 0 Å². The highest BCUT2D eigenvalue weighted by molar-refractivity contribution is 6.31. The number of carbonyl (C=O) groups excluding carboxylic acids is 1. The summed E-state index contributed by atoms with van der Waals surface area (Å²) >= 11 is 6.02. The van der Waals surface area contributed by atoms with Gasteiger partial charge in [-0.05, 0) is 30.3 Å². The molecule has 0 spiro atoms. The Morgan fingerprint density at radius 2 is 2.24 bits per heavy atom. The van der Waals surface area contributed by atoms with Gasteiger partial charge in [-0.3, -0.25) is 9.69 Å². The summed E-state index contributed by atoms with van der Waals surface area (Å²) in [4.78, 5) is 18.2. The summed E-state index contributed by atoms with van der Waals surface area (Å²) < 4.78 is 5.42. The van der Waals surface area contributed by atoms with Crippen LogP contribution in [0.3, 0.4) is 0 Å². The zero-order chi connectivity index (χ0) is 14.8. The minimum absolute atomic E-state index is 0.0281. The molecule has 108 valence electrons. The summed E-state index contributed by atoms with van der Waals surface area (Å²) in [6.45, 7) is 0.408. The fourth-order valence-corrected chi connectivity index (χ4v) is 2.38. The van der Waals surface area contributed by atoms with E-state index < -0.39 is 0 Å². The lowest BCUT2D eigenvalue weighted by Crippen LogP contribution is -2.38. The highest BCUT2D eigenvalue weighted by Gasteiger charge is 2.26. The van der Waals surface area contributed by atoms with Crippen LogP contribution in [0.5, 0.6) is 5.75 Å². The zero-order valence-corrected chi connectivity index (χ0v) is 12.2. The maximum absolute atomic E-state index is 12.1. The molecule has 0 atom stereocenters. The van der Waals surface area contributed by atoms with Crippen LogP contribution in [0, 0.1) is 0 Å². The molecule has 0 saturated heterocycles. The van der Waals surface area contributed by atoms with Crippen molar-refractivity contribution in [1.29, 1.82) is 0 Å². The molecule has 1 N–H and O–H groups in total. The predicted molar refractivity (Wildman–Crippen MR) is 81.9 cm³/mol. The lowest BCUT2D eigenvalue weighted by molar-refractivity contribution is -0.121. The molecule has 2 heterocycles. The normalized spacial score (nSPS) is 13.6. The first-order valence-corrected chi connectivity index (χ1v) is 6.91. The van der Waals surface area contributed by atoms with Crippen LogP contribution in [0.1, 0.15) is 5.69 Å². The predicted octanol–water partition coefficient (Wildman–Crippen LogP) is 2.70. The molecule has 6 heteroatoms. The first-order chi connectivity index (χ1) is 10.2. The Morgan fingerprint density at radius 3 is 3.05 bits per heavy atom. The van der Waals surface area contributed by atoms with Crippen LogP contribution < -0.4 is 15.0 Å². The van der Waals surface area contributed by atoms with Crippen LogP contribution >= 0.6 is 11.6 Å². The molecule has 0 unspecified atom stereocenters. The molecule has 1 aromatic heterocycles. The number of carbonyl (C=O) groups is 1. The Bertz CT molecular complexity index is 690. The quantitative estimate of drug-likeness (QED) is 0.947. The number of nitrogens with one attached hydrogen (secondary N) is 1. The van der Waals surface area contributed by atoms with E-state index in [9.17, 15) is 4.79 Å². The van der Waals surface area contributed by atoms with Gasteiger partial charge in [0.15, 0.2) is 6.61 Å². The third kappa shape index (κ3) is 2.78. The number of halogens is 1. The fraction of sp³-hybridized carbons (Fsp3) is 0.200. The van der Waals surface area contributed by atoms with Gasteiger partial charge in [-0.2, -0.15) is 0 Å². The van der Waals surface area contributed by atoms with Crippen molar-refractivity contribution < 1.29 is 9.53 Å². The molecule has 0 radical (unpaired) electrons. The summed E-state index contributed by atoms with van der Waals surface area (Å²) in [6, 6.07) is 10.9. The van der Waals surface area contributed by atoms with E-state index in [1.165, 1.54) is 0 Å². The topological polar surface area (TPSA) is 54.5 Å². The second-order valence-corrected chi connectivity index (χ2v) is 5.08. The SMILES string of the molecule is CNc1cccc(CN2C(=O)COc3ccc(Cl)cc32)n1. The molecule has 1 amide bonds. The standard InChI is InChI=1S/C15H14ClN3O2/c1-17-14-4-2-3-11(18-14)8-19-12-7-10(16)5-6-13(12)21-9-15(19)20/h2-7H,8-9H2,1H3,(H,17,18). The van der Waals surface area contributed by atoms with Crippen LogP contribution in [-0.4, -0.2) is 24.5 Å². The number of hydrogen-bond acceptors (Lipinski definition) is 4. The molecular formula is C15H14ClN3O2. The highest BCUT2D eigenvalue weighted by Crippen LogP contribution is 2.35. The van der Waals surface area contributed by atoms with Crippen molar-refractivity contribution in [3.8, 4) is 5.75 Å². The van der Waals surface area contributed by atoms with E-state index in [1.807, 2.05) is 18.2 Å². The molecule has 0 saturated carbocycles. The number of rotatable bonds is 3. The third-order valence-corrected chi connectivity index (χ3v) is 3.48. The Balaban J connectivity index is 1.94. The van der Waals surface area contributed by atoms with Gasteiger partial charge in [0, 0.05) is 12.1 Å². The number of fused-ring (bicyclic) bond motifs is 1. The van der Waals surface area contributed by atoms with Crippen LogP contribution in [0.2, 0.25) is 5.02 Å². The molecule has 1 aromatic carbocycles. The number of nitrogens with zero attached hydrogens (tertiary/aromatic N) is 2. The molecule has 0 aliphatic carbocycles. The molecule has 2 aromatic rings. The molecule has 0 fully saturated rings. The highest BCUT2D eigenvalue weighted by atomic mass is 35.5. The van der Waals surface area contributed by atoms with Crippen molar-refractivity contribution in [2.24, 2.45) is 0 Å². The van der Waals surface area contributed by atoms with Gasteiger partial charge in [-0.25, -0.2) is 4.98 Å². The monoisotopic (exact) mass is 303 g/mol. The summed E-state index contributed by atoms with van der Waals surface area (Å²) in [5.74, 6) is 1.31. The van der Waals surface area contributed by atoms with Gasteiger partial charge in [0.1, 0.15) is 11.6 Å². The Kier molecular flexibility index (Phi) is 3.66. The molecule has 3 rings (SSSR count). The number of anilines is 2. The Labute approximate surface area is 127 Å². The Morgan fingerprint density at radius 1 is 1.38 bits per heavy atom. The van der Waals surface area contributed by atoms with E-state index in [0.717, 1.165) is 11.5 Å². The fourth-order valence-electron chi connectivity index (χ4n) is 2.22. The summed E-state index contributed by atoms with van der Waals surface area (Å²) in [5, 5.41) is 3.55. The smallest absolute Gasteiger partial charge is 0.265 e. The van der Waals surface area contributed by atoms with Gasteiger partial charge in [0.05, 0.1) is 17.9 Å². The summed E-state index contributed by atoms with van der Waals surface area (Å²) in [7, 11) is 1.81. The van der Waals surface area contributed by atoms with Crippen LogP contribution in [0.15, 0.2) is 36.4 Å². The number of hydrogen-bond donors (Lipinski definition) is 1. The summed E-state index contributed by atoms with van der Waals surface area (Å²) in [5.41, 5.74) is 1.47. The van der Waals surface area contributed by atoms with Crippen molar-refractivity contribution in [3.05, 3.63) is 47.1 Å². The number of ether oxygens (including phenoxy) is 1. The maximum Gasteiger partial charge on any atom is 0.265 e. The maximum atomic E-state index is 12.1. The van der Waals surface area contributed by atoms with Crippen LogP contribution in [0.4, 0.5) is 11.5 Å². The zero-order valence-electron chi connectivity index (χ0n) is 11.5. The minimum Gasteiger partial charge on any atom is -0.482 e. The molecule has 0 bridgehead atoms. The van der Waals surface area contributed by atoms with E-state index in [1.54, 1.807) is 30.1 Å². The first kappa shape index (κ1) is 13.7. The number of amides is 1. The molecule has 1 aliphatic heterocycles. The van der Waals surface area contributed by atoms with E-state index in [0.29, 0.717) is 23.0 Å². The van der Waals surface area contributed by atoms with Crippen molar-refractivity contribution in [2.45, 2.75) is 6.54 Å². The molecule has 5 nitrogen and oxygen atoms in total. The second kappa shape index (κ2) is 5.61. The number of pyridine rings is 1. The van der Waals surface area contributed by atoms with Gasteiger partial charge in [0.2, 0.25) is 0 Å². The second-order valence-electron chi connectivity index (χ2n) is 4.64.